The van der Waals surface area contributed by atoms with Gasteiger partial charge in [0, 0.05) is 11.9 Å². The van der Waals surface area contributed by atoms with Crippen molar-refractivity contribution in [1.82, 2.24) is 10.6 Å². The van der Waals surface area contributed by atoms with Crippen LogP contribution in [0.2, 0.25) is 0 Å². The van der Waals surface area contributed by atoms with Gasteiger partial charge in [0.1, 0.15) is 5.75 Å². The van der Waals surface area contributed by atoms with Gasteiger partial charge < -0.3 is 15.8 Å². The molecule has 0 aliphatic carbocycles. The summed E-state index contributed by atoms with van der Waals surface area (Å²) < 4.78 is 5.06. The third-order valence-electron chi connectivity index (χ3n) is 3.04. The zero-order valence-corrected chi connectivity index (χ0v) is 12.6. The molecule has 3 amide bonds. The van der Waals surface area contributed by atoms with Gasteiger partial charge in [0.15, 0.2) is 0 Å². The molecule has 0 unspecified atom stereocenters. The molecule has 0 spiro atoms. The Bertz CT molecular complexity index is 724. The standard InChI is InChI=1S/C17H17N3O3/c1-23-13-8-6-12(7-9-13)10-11-19-17(22)20-16(21)14-4-2-3-5-15(14)18/h2-11H,18H2,1H3,(H2,19,20,21,22)/b11-10+. The van der Waals surface area contributed by atoms with Crippen LogP contribution in [0.3, 0.4) is 0 Å². The number of hydrogen-bond donors (Lipinski definition) is 3. The van der Waals surface area contributed by atoms with E-state index in [2.05, 4.69) is 10.6 Å². The van der Waals surface area contributed by atoms with Crippen molar-refractivity contribution in [3.05, 3.63) is 65.9 Å². The summed E-state index contributed by atoms with van der Waals surface area (Å²) in [5.74, 6) is 0.192. The first-order valence-corrected chi connectivity index (χ1v) is 6.87. The van der Waals surface area contributed by atoms with Crippen LogP contribution in [-0.4, -0.2) is 19.0 Å². The summed E-state index contributed by atoms with van der Waals surface area (Å²) in [7, 11) is 1.59. The van der Waals surface area contributed by atoms with Crippen LogP contribution in [0, 0.1) is 0 Å². The average Bonchev–Trinajstić information content (AvgIpc) is 2.55. The third-order valence-corrected chi connectivity index (χ3v) is 3.04. The fourth-order valence-corrected chi connectivity index (χ4v) is 1.84. The monoisotopic (exact) mass is 311 g/mol. The Labute approximate surface area is 133 Å². The Morgan fingerprint density at radius 1 is 1.09 bits per heavy atom. The minimum atomic E-state index is -0.636. The number of carbonyl (C=O) groups excluding carboxylic acids is 2. The molecule has 0 aromatic heterocycles. The van der Waals surface area contributed by atoms with Crippen molar-refractivity contribution >= 4 is 23.7 Å². The van der Waals surface area contributed by atoms with Crippen LogP contribution in [0.4, 0.5) is 10.5 Å². The molecule has 0 atom stereocenters. The maximum Gasteiger partial charge on any atom is 0.325 e. The van der Waals surface area contributed by atoms with Gasteiger partial charge in [-0.15, -0.1) is 0 Å². The molecule has 0 bridgehead atoms. The van der Waals surface area contributed by atoms with Gasteiger partial charge in [-0.2, -0.15) is 0 Å². The van der Waals surface area contributed by atoms with Gasteiger partial charge in [0.05, 0.1) is 12.7 Å². The molecule has 0 saturated heterocycles. The summed E-state index contributed by atoms with van der Waals surface area (Å²) in [5, 5.41) is 4.66. The van der Waals surface area contributed by atoms with E-state index in [1.165, 1.54) is 6.20 Å². The van der Waals surface area contributed by atoms with Crippen LogP contribution in [0.25, 0.3) is 6.08 Å². The second kappa shape index (κ2) is 7.65. The van der Waals surface area contributed by atoms with Gasteiger partial charge in [0.25, 0.3) is 5.91 Å². The van der Waals surface area contributed by atoms with E-state index in [4.69, 9.17) is 10.5 Å². The SMILES string of the molecule is COc1ccc(/C=C/NC(=O)NC(=O)c2ccccc2N)cc1. The van der Waals surface area contributed by atoms with Crippen LogP contribution >= 0.6 is 0 Å². The van der Waals surface area contributed by atoms with Gasteiger partial charge >= 0.3 is 6.03 Å². The number of rotatable bonds is 4. The van der Waals surface area contributed by atoms with E-state index in [0.29, 0.717) is 5.69 Å². The van der Waals surface area contributed by atoms with Crippen LogP contribution in [0.15, 0.2) is 54.7 Å². The molecule has 2 aromatic carbocycles. The molecule has 118 valence electrons. The highest BCUT2D eigenvalue weighted by Crippen LogP contribution is 2.12. The molecule has 0 fully saturated rings. The van der Waals surface area contributed by atoms with E-state index in [1.807, 2.05) is 12.1 Å². The van der Waals surface area contributed by atoms with Crippen LogP contribution in [0.5, 0.6) is 5.75 Å². The first kappa shape index (κ1) is 16.1. The number of hydrogen-bond acceptors (Lipinski definition) is 4. The molecule has 6 heteroatoms. The Morgan fingerprint density at radius 3 is 2.43 bits per heavy atom. The molecule has 0 aliphatic rings. The summed E-state index contributed by atoms with van der Waals surface area (Å²) in [6, 6.07) is 13.2. The molecular weight excluding hydrogens is 294 g/mol. The van der Waals surface area contributed by atoms with Gasteiger partial charge in [-0.05, 0) is 35.9 Å². The highest BCUT2D eigenvalue weighted by atomic mass is 16.5. The van der Waals surface area contributed by atoms with E-state index in [-0.39, 0.29) is 5.56 Å². The number of urea groups is 1. The molecule has 0 heterocycles. The summed E-state index contributed by atoms with van der Waals surface area (Å²) in [4.78, 5) is 23.6. The quantitative estimate of drug-likeness (QED) is 0.756. The van der Waals surface area contributed by atoms with Crippen molar-refractivity contribution in [3.8, 4) is 5.75 Å². The lowest BCUT2D eigenvalue weighted by Crippen LogP contribution is -2.37. The lowest BCUT2D eigenvalue weighted by atomic mass is 10.2. The van der Waals surface area contributed by atoms with Crippen LogP contribution in [0.1, 0.15) is 15.9 Å². The number of methoxy groups -OCH3 is 1. The smallest absolute Gasteiger partial charge is 0.325 e. The summed E-state index contributed by atoms with van der Waals surface area (Å²) in [6.07, 6.45) is 3.14. The number of nitrogen functional groups attached to an aromatic ring is 1. The van der Waals surface area contributed by atoms with E-state index >= 15 is 0 Å². The van der Waals surface area contributed by atoms with Crippen molar-refractivity contribution in [3.63, 3.8) is 0 Å². The second-order valence-electron chi connectivity index (χ2n) is 4.62. The number of amides is 3. The van der Waals surface area contributed by atoms with Gasteiger partial charge in [-0.3, -0.25) is 10.1 Å². The highest BCUT2D eigenvalue weighted by Gasteiger charge is 2.11. The van der Waals surface area contributed by atoms with Crippen molar-refractivity contribution in [2.24, 2.45) is 0 Å². The van der Waals surface area contributed by atoms with E-state index in [9.17, 15) is 9.59 Å². The molecule has 23 heavy (non-hydrogen) atoms. The first-order valence-electron chi connectivity index (χ1n) is 6.87. The number of benzene rings is 2. The number of ether oxygens (including phenoxy) is 1. The van der Waals surface area contributed by atoms with Gasteiger partial charge in [-0.25, -0.2) is 4.79 Å². The number of anilines is 1. The molecule has 2 rings (SSSR count). The number of carbonyl (C=O) groups is 2. The van der Waals surface area contributed by atoms with E-state index < -0.39 is 11.9 Å². The second-order valence-corrected chi connectivity index (χ2v) is 4.62. The lowest BCUT2D eigenvalue weighted by molar-refractivity contribution is 0.0965. The van der Waals surface area contributed by atoms with Gasteiger partial charge in [0.2, 0.25) is 0 Å². The van der Waals surface area contributed by atoms with Crippen molar-refractivity contribution in [2.75, 3.05) is 12.8 Å². The summed E-state index contributed by atoms with van der Waals surface area (Å²) in [5.41, 5.74) is 7.12. The predicted molar refractivity (Wildman–Crippen MR) is 88.9 cm³/mol. The normalized spacial score (nSPS) is 10.3. The number of imide groups is 1. The summed E-state index contributed by atoms with van der Waals surface area (Å²) in [6.45, 7) is 0. The molecule has 0 saturated carbocycles. The zero-order chi connectivity index (χ0) is 16.7. The minimum Gasteiger partial charge on any atom is -0.497 e. The number of para-hydroxylation sites is 1. The highest BCUT2D eigenvalue weighted by molar-refractivity contribution is 6.07. The average molecular weight is 311 g/mol. The Kier molecular flexibility index (Phi) is 5.35. The van der Waals surface area contributed by atoms with E-state index in [1.54, 1.807) is 49.6 Å². The number of nitrogens with one attached hydrogen (secondary N) is 2. The maximum absolute atomic E-state index is 11.9. The Morgan fingerprint density at radius 2 is 1.78 bits per heavy atom. The lowest BCUT2D eigenvalue weighted by Gasteiger charge is -2.05. The largest absolute Gasteiger partial charge is 0.497 e. The topological polar surface area (TPSA) is 93.5 Å². The molecule has 4 N–H and O–H groups in total. The zero-order valence-electron chi connectivity index (χ0n) is 12.6. The Hall–Kier alpha value is -3.28. The van der Waals surface area contributed by atoms with Crippen LogP contribution < -0.4 is 21.1 Å². The van der Waals surface area contributed by atoms with E-state index in [0.717, 1.165) is 11.3 Å². The van der Waals surface area contributed by atoms with Crippen molar-refractivity contribution in [2.45, 2.75) is 0 Å². The minimum absolute atomic E-state index is 0.252. The molecule has 0 radical (unpaired) electrons. The van der Waals surface area contributed by atoms with Crippen LogP contribution in [-0.2, 0) is 0 Å². The summed E-state index contributed by atoms with van der Waals surface area (Å²) >= 11 is 0. The molecule has 2 aromatic rings. The third kappa shape index (κ3) is 4.60. The van der Waals surface area contributed by atoms with Crippen molar-refractivity contribution in [1.29, 1.82) is 0 Å². The molecule has 6 nitrogen and oxygen atoms in total. The maximum atomic E-state index is 11.9. The number of nitrogens with two attached hydrogens (primary N) is 1. The molecular formula is C17H17N3O3. The molecule has 0 aliphatic heterocycles. The van der Waals surface area contributed by atoms with Crippen molar-refractivity contribution < 1.29 is 14.3 Å². The Balaban J connectivity index is 1.88. The van der Waals surface area contributed by atoms with Gasteiger partial charge in [-0.1, -0.05) is 24.3 Å². The first-order chi connectivity index (χ1) is 11.1. The fraction of sp³-hybridized carbons (Fsp3) is 0.0588. The predicted octanol–water partition coefficient (Wildman–Crippen LogP) is 2.39. The fourth-order valence-electron chi connectivity index (χ4n) is 1.84.